The number of hydrogen-bond acceptors (Lipinski definition) is 3. The van der Waals surface area contributed by atoms with Crippen molar-refractivity contribution >= 4 is 0 Å². The Bertz CT molecular complexity index is 364. The molecule has 0 amide bonds. The van der Waals surface area contributed by atoms with Crippen LogP contribution in [0.3, 0.4) is 0 Å². The van der Waals surface area contributed by atoms with Gasteiger partial charge in [-0.15, -0.1) is 0 Å². The Morgan fingerprint density at radius 1 is 1.21 bits per heavy atom. The highest BCUT2D eigenvalue weighted by Gasteiger charge is 2.07. The lowest BCUT2D eigenvalue weighted by Crippen LogP contribution is -2.18. The molecule has 1 aromatic carbocycles. The van der Waals surface area contributed by atoms with Crippen LogP contribution in [-0.4, -0.2) is 25.9 Å². The summed E-state index contributed by atoms with van der Waals surface area (Å²) in [6.07, 6.45) is 2.80. The van der Waals surface area contributed by atoms with E-state index in [1.165, 1.54) is 11.1 Å². The van der Waals surface area contributed by atoms with Crippen molar-refractivity contribution in [2.75, 3.05) is 19.8 Å². The van der Waals surface area contributed by atoms with Gasteiger partial charge in [0.2, 0.25) is 0 Å². The van der Waals surface area contributed by atoms with Gasteiger partial charge in [-0.25, -0.2) is 0 Å². The summed E-state index contributed by atoms with van der Waals surface area (Å²) in [7, 11) is 0. The van der Waals surface area contributed by atoms with E-state index in [0.717, 1.165) is 44.8 Å². The first-order chi connectivity index (χ1) is 9.17. The molecule has 0 fully saturated rings. The highest BCUT2D eigenvalue weighted by molar-refractivity contribution is 5.38. The van der Waals surface area contributed by atoms with Gasteiger partial charge in [-0.2, -0.15) is 0 Å². The zero-order valence-corrected chi connectivity index (χ0v) is 12.4. The normalized spacial score (nSPS) is 12.4. The molecule has 0 spiro atoms. The van der Waals surface area contributed by atoms with Crippen LogP contribution in [0.15, 0.2) is 18.2 Å². The lowest BCUT2D eigenvalue weighted by molar-refractivity contribution is 0.151. The van der Waals surface area contributed by atoms with Gasteiger partial charge in [0.1, 0.15) is 5.75 Å². The van der Waals surface area contributed by atoms with Crippen LogP contribution in [0.25, 0.3) is 0 Å². The molecule has 0 bridgehead atoms. The van der Waals surface area contributed by atoms with Gasteiger partial charge >= 0.3 is 0 Å². The predicted molar refractivity (Wildman–Crippen MR) is 79.8 cm³/mol. The first-order valence-corrected chi connectivity index (χ1v) is 7.25. The molecule has 0 aliphatic rings. The molecular formula is C16H27NO2. The Balaban J connectivity index is 2.75. The monoisotopic (exact) mass is 265 g/mol. The van der Waals surface area contributed by atoms with Crippen LogP contribution in [0.4, 0.5) is 0 Å². The van der Waals surface area contributed by atoms with E-state index in [1.54, 1.807) is 0 Å². The second-order valence-corrected chi connectivity index (χ2v) is 4.92. The van der Waals surface area contributed by atoms with Gasteiger partial charge in [-0.05, 0) is 50.3 Å². The standard InChI is InChI=1S/C16H27NO2/c1-4-9-19-16-7-6-14(8-10-18-5-2)12-15(16)11-13(3)17/h6-7,12-13H,4-5,8-11,17H2,1-3H3. The van der Waals surface area contributed by atoms with Crippen LogP contribution in [0.5, 0.6) is 5.75 Å². The second-order valence-electron chi connectivity index (χ2n) is 4.92. The molecule has 0 radical (unpaired) electrons. The van der Waals surface area contributed by atoms with E-state index < -0.39 is 0 Å². The molecule has 108 valence electrons. The fourth-order valence-corrected chi connectivity index (χ4v) is 1.98. The third kappa shape index (κ3) is 6.08. The topological polar surface area (TPSA) is 44.5 Å². The average Bonchev–Trinajstić information content (AvgIpc) is 2.37. The fraction of sp³-hybridized carbons (Fsp3) is 0.625. The molecule has 0 aliphatic carbocycles. The largest absolute Gasteiger partial charge is 0.493 e. The molecular weight excluding hydrogens is 238 g/mol. The van der Waals surface area contributed by atoms with Crippen molar-refractivity contribution in [3.8, 4) is 5.75 Å². The summed E-state index contributed by atoms with van der Waals surface area (Å²) in [6.45, 7) is 8.44. The van der Waals surface area contributed by atoms with Crippen LogP contribution in [0, 0.1) is 0 Å². The van der Waals surface area contributed by atoms with Crippen LogP contribution in [-0.2, 0) is 17.6 Å². The molecule has 1 atom stereocenters. The van der Waals surface area contributed by atoms with Gasteiger partial charge in [0, 0.05) is 12.6 Å². The first-order valence-electron chi connectivity index (χ1n) is 7.25. The van der Waals surface area contributed by atoms with E-state index in [2.05, 4.69) is 25.1 Å². The molecule has 1 unspecified atom stereocenters. The van der Waals surface area contributed by atoms with Crippen LogP contribution in [0.2, 0.25) is 0 Å². The van der Waals surface area contributed by atoms with Crippen molar-refractivity contribution in [1.82, 2.24) is 0 Å². The molecule has 1 aromatic rings. The molecule has 0 aliphatic heterocycles. The molecule has 3 heteroatoms. The summed E-state index contributed by atoms with van der Waals surface area (Å²) in [5.74, 6) is 0.972. The van der Waals surface area contributed by atoms with E-state index in [-0.39, 0.29) is 6.04 Å². The van der Waals surface area contributed by atoms with Gasteiger partial charge in [-0.3, -0.25) is 0 Å². The van der Waals surface area contributed by atoms with E-state index in [0.29, 0.717) is 0 Å². The minimum atomic E-state index is 0.145. The van der Waals surface area contributed by atoms with Gasteiger partial charge in [-0.1, -0.05) is 19.1 Å². The zero-order chi connectivity index (χ0) is 14.1. The Hall–Kier alpha value is -1.06. The minimum absolute atomic E-state index is 0.145. The summed E-state index contributed by atoms with van der Waals surface area (Å²) in [5, 5.41) is 0. The van der Waals surface area contributed by atoms with Gasteiger partial charge in [0.25, 0.3) is 0 Å². The number of benzene rings is 1. The highest BCUT2D eigenvalue weighted by atomic mass is 16.5. The van der Waals surface area contributed by atoms with Crippen molar-refractivity contribution in [2.24, 2.45) is 5.73 Å². The van der Waals surface area contributed by atoms with Crippen LogP contribution in [0.1, 0.15) is 38.3 Å². The van der Waals surface area contributed by atoms with Crippen molar-refractivity contribution in [3.63, 3.8) is 0 Å². The van der Waals surface area contributed by atoms with Gasteiger partial charge in [0.05, 0.1) is 13.2 Å². The highest BCUT2D eigenvalue weighted by Crippen LogP contribution is 2.22. The maximum Gasteiger partial charge on any atom is 0.122 e. The molecule has 2 N–H and O–H groups in total. The number of nitrogens with two attached hydrogens (primary N) is 1. The Morgan fingerprint density at radius 3 is 2.63 bits per heavy atom. The average molecular weight is 265 g/mol. The van der Waals surface area contributed by atoms with Crippen LogP contribution >= 0.6 is 0 Å². The molecule has 3 nitrogen and oxygen atoms in total. The summed E-state index contributed by atoms with van der Waals surface area (Å²) < 4.78 is 11.2. The maximum absolute atomic E-state index is 5.91. The van der Waals surface area contributed by atoms with Gasteiger partial charge < -0.3 is 15.2 Å². The van der Waals surface area contributed by atoms with Crippen LogP contribution < -0.4 is 10.5 Å². The fourth-order valence-electron chi connectivity index (χ4n) is 1.98. The molecule has 0 saturated heterocycles. The van der Waals surface area contributed by atoms with Crippen molar-refractivity contribution < 1.29 is 9.47 Å². The lowest BCUT2D eigenvalue weighted by Gasteiger charge is -2.14. The second kappa shape index (κ2) is 8.94. The number of rotatable bonds is 9. The van der Waals surface area contributed by atoms with Crippen molar-refractivity contribution in [1.29, 1.82) is 0 Å². The van der Waals surface area contributed by atoms with E-state index in [9.17, 15) is 0 Å². The van der Waals surface area contributed by atoms with Crippen molar-refractivity contribution in [2.45, 2.75) is 46.1 Å². The molecule has 0 aromatic heterocycles. The minimum Gasteiger partial charge on any atom is -0.493 e. The van der Waals surface area contributed by atoms with E-state index >= 15 is 0 Å². The Labute approximate surface area is 117 Å². The summed E-state index contributed by atoms with van der Waals surface area (Å²) in [6, 6.07) is 6.53. The Kier molecular flexibility index (Phi) is 7.53. The SMILES string of the molecule is CCCOc1ccc(CCOCC)cc1CC(C)N. The maximum atomic E-state index is 5.91. The quantitative estimate of drug-likeness (QED) is 0.698. The lowest BCUT2D eigenvalue weighted by atomic mass is 10.0. The van der Waals surface area contributed by atoms with Crippen molar-refractivity contribution in [3.05, 3.63) is 29.3 Å². The van der Waals surface area contributed by atoms with E-state index in [1.807, 2.05) is 13.8 Å². The summed E-state index contributed by atoms with van der Waals surface area (Å²) >= 11 is 0. The van der Waals surface area contributed by atoms with E-state index in [4.69, 9.17) is 15.2 Å². The Morgan fingerprint density at radius 2 is 2.00 bits per heavy atom. The number of ether oxygens (including phenoxy) is 2. The number of hydrogen-bond donors (Lipinski definition) is 1. The third-order valence-electron chi connectivity index (χ3n) is 2.87. The smallest absolute Gasteiger partial charge is 0.122 e. The predicted octanol–water partition coefficient (Wildman–Crippen LogP) is 2.94. The molecule has 0 heterocycles. The third-order valence-corrected chi connectivity index (χ3v) is 2.87. The molecule has 0 saturated carbocycles. The summed E-state index contributed by atoms with van der Waals surface area (Å²) in [5.41, 5.74) is 8.40. The molecule has 1 rings (SSSR count). The van der Waals surface area contributed by atoms with Gasteiger partial charge in [0.15, 0.2) is 0 Å². The zero-order valence-electron chi connectivity index (χ0n) is 12.4. The molecule has 19 heavy (non-hydrogen) atoms. The first kappa shape index (κ1) is 16.0. The summed E-state index contributed by atoms with van der Waals surface area (Å²) in [4.78, 5) is 0.